The van der Waals surface area contributed by atoms with E-state index in [0.717, 1.165) is 46.0 Å². The van der Waals surface area contributed by atoms with Crippen molar-refractivity contribution in [2.75, 3.05) is 49.9 Å². The van der Waals surface area contributed by atoms with E-state index in [9.17, 15) is 32.7 Å². The average Bonchev–Trinajstić information content (AvgIpc) is 3.55. The molecule has 19 heteroatoms. The number of thiophene rings is 1. The number of nitrogens with one attached hydrogen (secondary N) is 1. The van der Waals surface area contributed by atoms with Gasteiger partial charge < -0.3 is 29.7 Å². The first kappa shape index (κ1) is 33.3. The number of nitrogens with zero attached hydrogens (tertiary/aromatic N) is 9. The van der Waals surface area contributed by atoms with Gasteiger partial charge in [-0.25, -0.2) is 9.97 Å². The third kappa shape index (κ3) is 6.58. The molecule has 2 aliphatic heterocycles. The number of rotatable bonds is 7. The number of piperazine rings is 1. The zero-order valence-electron chi connectivity index (χ0n) is 32.6. The molecule has 0 radical (unpaired) electrons. The van der Waals surface area contributed by atoms with E-state index in [1.54, 1.807) is 18.7 Å². The van der Waals surface area contributed by atoms with E-state index >= 15 is 0 Å². The highest BCUT2D eigenvalue weighted by Crippen LogP contribution is 2.54. The van der Waals surface area contributed by atoms with E-state index in [1.807, 2.05) is 6.07 Å². The molecule has 6 heterocycles. The summed E-state index contributed by atoms with van der Waals surface area (Å²) in [5, 5.41) is 17.4. The Hall–Kier alpha value is -5.07. The summed E-state index contributed by atoms with van der Waals surface area (Å²) in [6, 6.07) is 4.55. The van der Waals surface area contributed by atoms with Crippen LogP contribution in [-0.4, -0.2) is 95.6 Å². The molecule has 14 nitrogen and oxygen atoms in total. The van der Waals surface area contributed by atoms with Crippen molar-refractivity contribution in [2.24, 2.45) is 0 Å². The molecular formula is C36H36ClF3N10O4S. The molecule has 2 fully saturated rings. The number of likely N-dealkylation sites (N-methyl/N-ethyl adjacent to an activating group) is 1. The number of hydrogen-bond acceptors (Lipinski definition) is 11. The Morgan fingerprint density at radius 1 is 1.15 bits per heavy atom. The lowest BCUT2D eigenvalue weighted by atomic mass is 9.92. The minimum Gasteiger partial charge on any atom is -0.504 e. The van der Waals surface area contributed by atoms with E-state index in [0.29, 0.717) is 17.1 Å². The molecule has 3 aliphatic rings. The molecule has 0 bridgehead atoms. The van der Waals surface area contributed by atoms with Gasteiger partial charge in [-0.1, -0.05) is 18.5 Å². The highest BCUT2D eigenvalue weighted by molar-refractivity contribution is 7.15. The van der Waals surface area contributed by atoms with Gasteiger partial charge in [0, 0.05) is 53.7 Å². The molecule has 1 spiro atoms. The summed E-state index contributed by atoms with van der Waals surface area (Å²) in [5.74, 6) is -1.25. The number of halogens is 4. The van der Waals surface area contributed by atoms with Crippen molar-refractivity contribution in [3.63, 3.8) is 0 Å². The van der Waals surface area contributed by atoms with Crippen molar-refractivity contribution in [1.29, 1.82) is 0 Å². The van der Waals surface area contributed by atoms with Crippen molar-refractivity contribution >= 4 is 51.9 Å². The summed E-state index contributed by atoms with van der Waals surface area (Å²) >= 11 is 7.52. The average molecular weight is 800 g/mol. The lowest BCUT2D eigenvalue weighted by Gasteiger charge is -2.36. The number of carbonyl (C=O) groups excluding carboxylic acids is 2. The number of benzene rings is 1. The summed E-state index contributed by atoms with van der Waals surface area (Å²) in [5.41, 5.74) is -0.0368. The van der Waals surface area contributed by atoms with Crippen LogP contribution in [0.15, 0.2) is 35.4 Å². The fourth-order valence-corrected chi connectivity index (χ4v) is 8.88. The van der Waals surface area contributed by atoms with Gasteiger partial charge >= 0.3 is 6.18 Å². The zero-order valence-corrected chi connectivity index (χ0v) is 31.1. The molecule has 1 aliphatic carbocycles. The van der Waals surface area contributed by atoms with Crippen molar-refractivity contribution in [1.82, 2.24) is 38.9 Å². The second kappa shape index (κ2) is 13.6. The van der Waals surface area contributed by atoms with Crippen molar-refractivity contribution in [3.05, 3.63) is 79.1 Å². The van der Waals surface area contributed by atoms with Gasteiger partial charge in [0.15, 0.2) is 17.3 Å². The third-order valence-electron chi connectivity index (χ3n) is 10.4. The maximum absolute atomic E-state index is 14.5. The molecule has 2 N–H and O–H groups in total. The predicted molar refractivity (Wildman–Crippen MR) is 199 cm³/mol. The zero-order chi connectivity index (χ0) is 41.5. The highest BCUT2D eigenvalue weighted by atomic mass is 35.5. The van der Waals surface area contributed by atoms with E-state index in [4.69, 9.17) is 20.7 Å². The van der Waals surface area contributed by atoms with Crippen molar-refractivity contribution < 1.29 is 32.0 Å². The van der Waals surface area contributed by atoms with Crippen LogP contribution in [0.25, 0.3) is 16.5 Å². The minimum absolute atomic E-state index is 0.0364. The summed E-state index contributed by atoms with van der Waals surface area (Å²) in [4.78, 5) is 60.5. The van der Waals surface area contributed by atoms with Crippen LogP contribution in [0.3, 0.4) is 0 Å². The van der Waals surface area contributed by atoms with E-state index in [2.05, 4.69) is 20.4 Å². The van der Waals surface area contributed by atoms with Gasteiger partial charge in [0.2, 0.25) is 11.7 Å². The van der Waals surface area contributed by atoms with Gasteiger partial charge in [0.1, 0.15) is 18.6 Å². The SMILES string of the molecule is [2H]C([2H])([2H])N1Cc2sc(-c3nc4n(CC(=O)Nc5ccc(C(F)(F)F)cc5Cl)c(CC)c(N5CCN(C(=O)c6ncnc(C)c6O)CC5)c(=O)n4n3)cc2C2(CC2)C1. The molecule has 1 aromatic carbocycles. The number of aryl methyl sites for hydroxylation is 1. The van der Waals surface area contributed by atoms with Crippen LogP contribution in [0.2, 0.25) is 5.02 Å². The lowest BCUT2D eigenvalue weighted by molar-refractivity contribution is -0.137. The number of hydrogen-bond donors (Lipinski definition) is 2. The Kier molecular flexibility index (Phi) is 8.23. The normalized spacial score (nSPS) is 17.9. The molecular weight excluding hydrogens is 761 g/mol. The maximum atomic E-state index is 14.5. The van der Waals surface area contributed by atoms with E-state index in [-0.39, 0.29) is 89.7 Å². The van der Waals surface area contributed by atoms with Crippen LogP contribution < -0.4 is 15.8 Å². The number of fused-ring (bicyclic) bond motifs is 3. The van der Waals surface area contributed by atoms with Crippen molar-refractivity contribution in [2.45, 2.75) is 57.8 Å². The van der Waals surface area contributed by atoms with Gasteiger partial charge in [0.05, 0.1) is 32.5 Å². The second-order valence-electron chi connectivity index (χ2n) is 13.9. The quantitative estimate of drug-likeness (QED) is 0.236. The number of anilines is 2. The largest absolute Gasteiger partial charge is 0.504 e. The third-order valence-corrected chi connectivity index (χ3v) is 11.8. The molecule has 0 atom stereocenters. The van der Waals surface area contributed by atoms with Gasteiger partial charge in [0.25, 0.3) is 11.5 Å². The van der Waals surface area contributed by atoms with E-state index in [1.165, 1.54) is 32.0 Å². The Morgan fingerprint density at radius 3 is 2.58 bits per heavy atom. The first-order chi connectivity index (χ1) is 27.4. The monoisotopic (exact) mass is 799 g/mol. The Bertz CT molecular complexity index is 2550. The van der Waals surface area contributed by atoms with E-state index < -0.39 is 42.6 Å². The van der Waals surface area contributed by atoms with Crippen LogP contribution >= 0.6 is 22.9 Å². The van der Waals surface area contributed by atoms with Crippen LogP contribution in [-0.2, 0) is 35.9 Å². The first-order valence-electron chi connectivity index (χ1n) is 19.0. The topological polar surface area (TPSA) is 154 Å². The molecule has 4 aromatic heterocycles. The molecule has 288 valence electrons. The van der Waals surface area contributed by atoms with Crippen LogP contribution in [0, 0.1) is 6.92 Å². The molecule has 1 saturated heterocycles. The summed E-state index contributed by atoms with van der Waals surface area (Å²) in [6.45, 7) is 1.98. The standard InChI is InChI=1S/C36H36ClF3N10O4S/c1-4-24-29(47-9-11-48(12-10-47)32(53)28-30(52)19(2)41-18-42-28)33(54)50-34(49(24)16-27(51)43-23-6-5-20(13-22(23)37)36(38,39)40)44-31(45-50)25-14-21-26(55-25)15-46(3)17-35(21)7-8-35/h5-6,13-14,18,52H,4,7-12,15-17H2,1-3H3,(H,43,51)/i3D3. The van der Waals surface area contributed by atoms with Gasteiger partial charge in [-0.3, -0.25) is 14.4 Å². The van der Waals surface area contributed by atoms with Crippen molar-refractivity contribution in [3.8, 4) is 16.5 Å². The Balaban J connectivity index is 1.17. The minimum atomic E-state index is -4.64. The summed E-state index contributed by atoms with van der Waals surface area (Å²) in [7, 11) is 0. The van der Waals surface area contributed by atoms with Crippen LogP contribution in [0.1, 0.15) is 61.8 Å². The van der Waals surface area contributed by atoms with Gasteiger partial charge in [-0.15, -0.1) is 16.4 Å². The summed E-state index contributed by atoms with van der Waals surface area (Å²) < 4.78 is 66.7. The van der Waals surface area contributed by atoms with Gasteiger partial charge in [-0.05, 0) is 63.0 Å². The maximum Gasteiger partial charge on any atom is 0.416 e. The second-order valence-corrected chi connectivity index (χ2v) is 15.5. The predicted octanol–water partition coefficient (Wildman–Crippen LogP) is 4.74. The summed E-state index contributed by atoms with van der Waals surface area (Å²) in [6.07, 6.45) is -1.53. The fraction of sp³-hybridized carbons (Fsp3) is 0.417. The van der Waals surface area contributed by atoms with Crippen LogP contribution in [0.4, 0.5) is 24.5 Å². The number of alkyl halides is 3. The molecule has 2 amide bonds. The molecule has 5 aromatic rings. The number of amides is 2. The molecule has 0 unspecified atom stereocenters. The number of aromatic hydroxyl groups is 1. The Labute approximate surface area is 325 Å². The highest BCUT2D eigenvalue weighted by Gasteiger charge is 2.49. The molecule has 55 heavy (non-hydrogen) atoms. The Morgan fingerprint density at radius 2 is 1.91 bits per heavy atom. The van der Waals surface area contributed by atoms with Crippen LogP contribution in [0.5, 0.6) is 5.75 Å². The molecule has 8 rings (SSSR count). The molecule has 1 saturated carbocycles. The number of aromatic nitrogens is 6. The lowest BCUT2D eigenvalue weighted by Crippen LogP contribution is -2.51. The smallest absolute Gasteiger partial charge is 0.416 e. The number of carbonyl (C=O) groups is 2. The fourth-order valence-electron chi connectivity index (χ4n) is 7.43. The first-order valence-corrected chi connectivity index (χ1v) is 18.7. The van der Waals surface area contributed by atoms with Gasteiger partial charge in [-0.2, -0.15) is 22.7 Å².